The fourth-order valence-electron chi connectivity index (χ4n) is 3.42. The van der Waals surface area contributed by atoms with Crippen LogP contribution in [0.2, 0.25) is 0 Å². The van der Waals surface area contributed by atoms with Gasteiger partial charge in [-0.05, 0) is 31.7 Å². The number of anilines is 1. The van der Waals surface area contributed by atoms with Crippen molar-refractivity contribution < 1.29 is 4.79 Å². The van der Waals surface area contributed by atoms with E-state index in [9.17, 15) is 4.79 Å². The molecule has 110 valence electrons. The van der Waals surface area contributed by atoms with Crippen molar-refractivity contribution in [1.82, 2.24) is 20.4 Å². The number of H-pyrrole nitrogens is 1. The molecule has 3 rings (SSSR count). The van der Waals surface area contributed by atoms with E-state index in [2.05, 4.69) is 20.4 Å². The van der Waals surface area contributed by atoms with Crippen molar-refractivity contribution in [3.05, 3.63) is 11.8 Å². The second-order valence-electron chi connectivity index (χ2n) is 6.00. The minimum Gasteiger partial charge on any atom is -0.382 e. The molecule has 1 saturated heterocycles. The lowest BCUT2D eigenvalue weighted by Gasteiger charge is -2.23. The summed E-state index contributed by atoms with van der Waals surface area (Å²) in [5, 5.41) is 9.38. The summed E-state index contributed by atoms with van der Waals surface area (Å²) in [6, 6.07) is 2.36. The summed E-state index contributed by atoms with van der Waals surface area (Å²) >= 11 is 0. The van der Waals surface area contributed by atoms with Gasteiger partial charge in [0.15, 0.2) is 0 Å². The predicted molar refractivity (Wildman–Crippen MR) is 77.3 cm³/mol. The first-order chi connectivity index (χ1) is 9.72. The van der Waals surface area contributed by atoms with E-state index in [1.54, 1.807) is 6.07 Å². The van der Waals surface area contributed by atoms with Gasteiger partial charge in [-0.2, -0.15) is 5.10 Å². The highest BCUT2D eigenvalue weighted by Crippen LogP contribution is 2.28. The number of amides is 1. The Bertz CT molecular complexity index is 466. The first-order valence-corrected chi connectivity index (χ1v) is 7.55. The third kappa shape index (κ3) is 2.95. The maximum atomic E-state index is 11.9. The molecule has 1 amide bonds. The molecule has 1 atom stereocenters. The van der Waals surface area contributed by atoms with Gasteiger partial charge < -0.3 is 16.0 Å². The van der Waals surface area contributed by atoms with Crippen LogP contribution in [0.5, 0.6) is 0 Å². The predicted octanol–water partition coefficient (Wildman–Crippen LogP) is 0.986. The number of carbonyl (C=O) groups is 1. The van der Waals surface area contributed by atoms with Crippen LogP contribution in [0, 0.1) is 5.92 Å². The molecule has 0 aromatic carbocycles. The second-order valence-corrected chi connectivity index (χ2v) is 6.00. The van der Waals surface area contributed by atoms with E-state index < -0.39 is 0 Å². The summed E-state index contributed by atoms with van der Waals surface area (Å²) in [5.41, 5.74) is 5.93. The molecule has 2 aliphatic rings. The molecule has 2 fully saturated rings. The van der Waals surface area contributed by atoms with Gasteiger partial charge in [0.2, 0.25) is 0 Å². The topological polar surface area (TPSA) is 87.0 Å². The fraction of sp³-hybridized carbons (Fsp3) is 0.714. The average Bonchev–Trinajstić information content (AvgIpc) is 3.16. The van der Waals surface area contributed by atoms with Gasteiger partial charge >= 0.3 is 0 Å². The molecule has 1 aromatic heterocycles. The SMILES string of the molecule is Nc1cc(C(=O)NCC2CCN(C3CCCC3)C2)[nH]n1. The van der Waals surface area contributed by atoms with Crippen molar-refractivity contribution in [2.75, 3.05) is 25.4 Å². The molecule has 0 radical (unpaired) electrons. The van der Waals surface area contributed by atoms with Gasteiger partial charge in [0.05, 0.1) is 0 Å². The Kier molecular flexibility index (Phi) is 3.91. The van der Waals surface area contributed by atoms with Crippen LogP contribution in [0.15, 0.2) is 6.07 Å². The summed E-state index contributed by atoms with van der Waals surface area (Å²) in [5.74, 6) is 0.803. The van der Waals surface area contributed by atoms with E-state index in [1.165, 1.54) is 38.6 Å². The lowest BCUT2D eigenvalue weighted by atomic mass is 10.1. The van der Waals surface area contributed by atoms with Crippen LogP contribution in [0.25, 0.3) is 0 Å². The summed E-state index contributed by atoms with van der Waals surface area (Å²) in [6.45, 7) is 3.04. The Morgan fingerprint density at radius 1 is 1.45 bits per heavy atom. The number of rotatable bonds is 4. The van der Waals surface area contributed by atoms with Gasteiger partial charge in [0.25, 0.3) is 5.91 Å². The number of nitrogens with zero attached hydrogens (tertiary/aromatic N) is 2. The monoisotopic (exact) mass is 277 g/mol. The molecular formula is C14H23N5O. The first kappa shape index (κ1) is 13.4. The standard InChI is InChI=1S/C14H23N5O/c15-13-7-12(17-18-13)14(20)16-8-10-5-6-19(9-10)11-3-1-2-4-11/h7,10-11H,1-6,8-9H2,(H,16,20)(H3,15,17,18). The zero-order valence-electron chi connectivity index (χ0n) is 11.8. The molecule has 1 aliphatic heterocycles. The van der Waals surface area contributed by atoms with E-state index in [-0.39, 0.29) is 5.91 Å². The van der Waals surface area contributed by atoms with Gasteiger partial charge in [-0.3, -0.25) is 9.89 Å². The third-order valence-corrected chi connectivity index (χ3v) is 4.55. The number of likely N-dealkylation sites (tertiary alicyclic amines) is 1. The summed E-state index contributed by atoms with van der Waals surface area (Å²) in [7, 11) is 0. The number of nitrogens with one attached hydrogen (secondary N) is 2. The van der Waals surface area contributed by atoms with Crippen molar-refractivity contribution in [3.8, 4) is 0 Å². The molecule has 1 saturated carbocycles. The molecular weight excluding hydrogens is 254 g/mol. The molecule has 6 nitrogen and oxygen atoms in total. The first-order valence-electron chi connectivity index (χ1n) is 7.55. The number of hydrogen-bond acceptors (Lipinski definition) is 4. The maximum absolute atomic E-state index is 11.9. The zero-order chi connectivity index (χ0) is 13.9. The molecule has 1 aliphatic carbocycles. The smallest absolute Gasteiger partial charge is 0.269 e. The molecule has 6 heteroatoms. The Morgan fingerprint density at radius 3 is 2.95 bits per heavy atom. The average molecular weight is 277 g/mol. The lowest BCUT2D eigenvalue weighted by molar-refractivity contribution is 0.0942. The number of nitrogens with two attached hydrogens (primary N) is 1. The molecule has 4 N–H and O–H groups in total. The van der Waals surface area contributed by atoms with Crippen molar-refractivity contribution >= 4 is 11.7 Å². The number of aromatic nitrogens is 2. The molecule has 0 bridgehead atoms. The van der Waals surface area contributed by atoms with Crippen LogP contribution in [0.1, 0.15) is 42.6 Å². The molecule has 2 heterocycles. The second kappa shape index (κ2) is 5.83. The van der Waals surface area contributed by atoms with Crippen LogP contribution in [0.4, 0.5) is 5.82 Å². The normalized spacial score (nSPS) is 24.3. The third-order valence-electron chi connectivity index (χ3n) is 4.55. The Morgan fingerprint density at radius 2 is 2.25 bits per heavy atom. The summed E-state index contributed by atoms with van der Waals surface area (Å²) in [4.78, 5) is 14.5. The number of aromatic amines is 1. The molecule has 20 heavy (non-hydrogen) atoms. The van der Waals surface area contributed by atoms with E-state index in [0.717, 1.165) is 19.1 Å². The number of nitrogen functional groups attached to an aromatic ring is 1. The maximum Gasteiger partial charge on any atom is 0.269 e. The minimum absolute atomic E-state index is 0.117. The summed E-state index contributed by atoms with van der Waals surface area (Å²) in [6.07, 6.45) is 6.65. The minimum atomic E-state index is -0.117. The molecule has 0 spiro atoms. The van der Waals surface area contributed by atoms with Crippen LogP contribution in [-0.4, -0.2) is 46.7 Å². The van der Waals surface area contributed by atoms with E-state index in [4.69, 9.17) is 5.73 Å². The summed E-state index contributed by atoms with van der Waals surface area (Å²) < 4.78 is 0. The Labute approximate surface area is 119 Å². The Balaban J connectivity index is 1.44. The van der Waals surface area contributed by atoms with Crippen LogP contribution in [-0.2, 0) is 0 Å². The van der Waals surface area contributed by atoms with Gasteiger partial charge in [-0.1, -0.05) is 12.8 Å². The fourth-order valence-corrected chi connectivity index (χ4v) is 3.42. The van der Waals surface area contributed by atoms with E-state index >= 15 is 0 Å². The van der Waals surface area contributed by atoms with Crippen LogP contribution < -0.4 is 11.1 Å². The van der Waals surface area contributed by atoms with E-state index in [0.29, 0.717) is 17.4 Å². The number of hydrogen-bond donors (Lipinski definition) is 3. The zero-order valence-corrected chi connectivity index (χ0v) is 11.8. The highest BCUT2D eigenvalue weighted by molar-refractivity contribution is 5.92. The molecule has 1 unspecified atom stereocenters. The highest BCUT2D eigenvalue weighted by Gasteiger charge is 2.29. The van der Waals surface area contributed by atoms with Crippen molar-refractivity contribution in [1.29, 1.82) is 0 Å². The highest BCUT2D eigenvalue weighted by atomic mass is 16.1. The number of carbonyl (C=O) groups excluding carboxylic acids is 1. The van der Waals surface area contributed by atoms with Crippen LogP contribution >= 0.6 is 0 Å². The van der Waals surface area contributed by atoms with Crippen molar-refractivity contribution in [3.63, 3.8) is 0 Å². The van der Waals surface area contributed by atoms with Gasteiger partial charge in [0, 0.05) is 25.2 Å². The lowest BCUT2D eigenvalue weighted by Crippen LogP contribution is -2.34. The van der Waals surface area contributed by atoms with Gasteiger partial charge in [0.1, 0.15) is 11.5 Å². The van der Waals surface area contributed by atoms with E-state index in [1.807, 2.05) is 0 Å². The molecule has 1 aromatic rings. The van der Waals surface area contributed by atoms with Gasteiger partial charge in [-0.25, -0.2) is 0 Å². The van der Waals surface area contributed by atoms with Crippen molar-refractivity contribution in [2.24, 2.45) is 5.92 Å². The van der Waals surface area contributed by atoms with Crippen LogP contribution in [0.3, 0.4) is 0 Å². The Hall–Kier alpha value is -1.56. The largest absolute Gasteiger partial charge is 0.382 e. The van der Waals surface area contributed by atoms with Gasteiger partial charge in [-0.15, -0.1) is 0 Å². The van der Waals surface area contributed by atoms with Crippen molar-refractivity contribution in [2.45, 2.75) is 38.1 Å². The quantitative estimate of drug-likeness (QED) is 0.766.